The Bertz CT molecular complexity index is 1640. The summed E-state index contributed by atoms with van der Waals surface area (Å²) in [5.74, 6) is 1.01. The number of nitrogens with zero attached hydrogens (tertiary/aromatic N) is 4. The van der Waals surface area contributed by atoms with Crippen LogP contribution in [0.2, 0.25) is 15.1 Å². The Labute approximate surface area is 250 Å². The molecular formula is C30H24BrCl3N4O. The van der Waals surface area contributed by atoms with Crippen LogP contribution in [0.1, 0.15) is 49.6 Å². The fraction of sp³-hybridized carbons (Fsp3) is 0.233. The molecule has 3 aromatic carbocycles. The summed E-state index contributed by atoms with van der Waals surface area (Å²) < 4.78 is 9.34. The fourth-order valence-corrected chi connectivity index (χ4v) is 6.45. The summed E-state index contributed by atoms with van der Waals surface area (Å²) in [5.41, 5.74) is 5.07. The van der Waals surface area contributed by atoms with E-state index in [1.807, 2.05) is 41.1 Å². The third-order valence-corrected chi connectivity index (χ3v) is 8.80. The normalized spacial score (nSPS) is 14.7. The van der Waals surface area contributed by atoms with E-state index in [1.165, 1.54) is 0 Å². The van der Waals surface area contributed by atoms with Crippen LogP contribution in [0, 0.1) is 0 Å². The molecule has 198 valence electrons. The number of benzene rings is 3. The monoisotopic (exact) mass is 640 g/mol. The first-order chi connectivity index (χ1) is 18.9. The van der Waals surface area contributed by atoms with Crippen LogP contribution < -0.4 is 0 Å². The Morgan fingerprint density at radius 3 is 2.26 bits per heavy atom. The van der Waals surface area contributed by atoms with Gasteiger partial charge in [0.2, 0.25) is 5.89 Å². The smallest absolute Gasteiger partial charge is 0.268 e. The molecule has 5 nitrogen and oxygen atoms in total. The highest BCUT2D eigenvalue weighted by atomic mass is 79.9. The lowest BCUT2D eigenvalue weighted by Crippen LogP contribution is -2.24. The van der Waals surface area contributed by atoms with Gasteiger partial charge in [-0.2, -0.15) is 5.10 Å². The highest BCUT2D eigenvalue weighted by molar-refractivity contribution is 9.10. The van der Waals surface area contributed by atoms with E-state index in [-0.39, 0.29) is 5.41 Å². The predicted molar refractivity (Wildman–Crippen MR) is 160 cm³/mol. The van der Waals surface area contributed by atoms with Gasteiger partial charge in [-0.25, -0.2) is 4.68 Å². The van der Waals surface area contributed by atoms with Crippen LogP contribution in [-0.2, 0) is 11.8 Å². The van der Waals surface area contributed by atoms with Gasteiger partial charge in [-0.3, -0.25) is 0 Å². The van der Waals surface area contributed by atoms with E-state index in [9.17, 15) is 0 Å². The van der Waals surface area contributed by atoms with E-state index in [1.54, 1.807) is 6.07 Å². The van der Waals surface area contributed by atoms with Crippen LogP contribution in [0.5, 0.6) is 0 Å². The average Bonchev–Trinajstić information content (AvgIpc) is 3.68. The van der Waals surface area contributed by atoms with Gasteiger partial charge in [0.05, 0.1) is 21.8 Å². The van der Waals surface area contributed by atoms with E-state index in [4.69, 9.17) is 44.3 Å². The molecule has 1 aliphatic rings. The summed E-state index contributed by atoms with van der Waals surface area (Å²) in [4.78, 5) is 0. The Morgan fingerprint density at radius 2 is 1.59 bits per heavy atom. The van der Waals surface area contributed by atoms with Crippen molar-refractivity contribution in [3.63, 3.8) is 0 Å². The minimum atomic E-state index is -0.335. The third-order valence-electron chi connectivity index (χ3n) is 7.48. The second-order valence-corrected chi connectivity index (χ2v) is 11.9. The summed E-state index contributed by atoms with van der Waals surface area (Å²) in [6.07, 6.45) is 4.77. The van der Waals surface area contributed by atoms with Gasteiger partial charge in [0.1, 0.15) is 0 Å². The molecule has 0 amide bonds. The van der Waals surface area contributed by atoms with E-state index >= 15 is 0 Å². The van der Waals surface area contributed by atoms with Gasteiger partial charge >= 0.3 is 0 Å². The average molecular weight is 643 g/mol. The summed E-state index contributed by atoms with van der Waals surface area (Å²) in [6, 6.07) is 21.5. The van der Waals surface area contributed by atoms with Crippen LogP contribution in [0.25, 0.3) is 28.5 Å². The number of rotatable bonds is 6. The molecule has 1 fully saturated rings. The summed E-state index contributed by atoms with van der Waals surface area (Å²) in [6.45, 7) is 2.10. The zero-order valence-corrected chi connectivity index (χ0v) is 24.9. The number of hydrogen-bond donors (Lipinski definition) is 0. The summed E-state index contributed by atoms with van der Waals surface area (Å²) in [7, 11) is 0. The van der Waals surface area contributed by atoms with Crippen LogP contribution in [0.4, 0.5) is 0 Å². The second-order valence-electron chi connectivity index (χ2n) is 9.75. The van der Waals surface area contributed by atoms with Crippen molar-refractivity contribution in [1.82, 2.24) is 20.0 Å². The number of hydrogen-bond acceptors (Lipinski definition) is 4. The molecule has 0 aliphatic heterocycles. The van der Waals surface area contributed by atoms with Crippen molar-refractivity contribution in [3.8, 4) is 28.5 Å². The Kier molecular flexibility index (Phi) is 7.32. The standard InChI is InChI=1S/C30H24BrCl3N4O/c1-2-23-26(28-35-36-29(39-28)30(15-3-4-16-30)19-7-11-21(32)12-8-19)37-38(25-14-13-22(33)17-24(25)34)27(23)18-5-9-20(31)10-6-18/h5-14,17H,2-4,15-16H2,1H3. The fourth-order valence-electron chi connectivity index (χ4n) is 5.57. The van der Waals surface area contributed by atoms with Crippen molar-refractivity contribution >= 4 is 50.7 Å². The molecule has 0 spiro atoms. The van der Waals surface area contributed by atoms with E-state index < -0.39 is 0 Å². The molecule has 2 heterocycles. The molecule has 0 bridgehead atoms. The van der Waals surface area contributed by atoms with E-state index in [0.717, 1.165) is 52.5 Å². The minimum Gasteiger partial charge on any atom is -0.418 e. The zero-order valence-electron chi connectivity index (χ0n) is 21.1. The molecule has 39 heavy (non-hydrogen) atoms. The summed E-state index contributed by atoms with van der Waals surface area (Å²) in [5, 5.41) is 15.9. The highest BCUT2D eigenvalue weighted by Gasteiger charge is 2.42. The van der Waals surface area contributed by atoms with Crippen LogP contribution in [0.15, 0.2) is 75.6 Å². The molecular weight excluding hydrogens is 619 g/mol. The van der Waals surface area contributed by atoms with Crippen molar-refractivity contribution in [3.05, 3.63) is 103 Å². The quantitative estimate of drug-likeness (QED) is 0.185. The molecule has 0 unspecified atom stereocenters. The zero-order chi connectivity index (χ0) is 27.1. The maximum atomic E-state index is 6.67. The van der Waals surface area contributed by atoms with Gasteiger partial charge in [0.15, 0.2) is 5.69 Å². The largest absolute Gasteiger partial charge is 0.418 e. The Balaban J connectivity index is 1.52. The van der Waals surface area contributed by atoms with Crippen molar-refractivity contribution in [2.75, 3.05) is 0 Å². The summed E-state index contributed by atoms with van der Waals surface area (Å²) >= 11 is 22.6. The molecule has 2 aromatic heterocycles. The van der Waals surface area contributed by atoms with Crippen molar-refractivity contribution in [1.29, 1.82) is 0 Å². The molecule has 6 rings (SSSR count). The van der Waals surface area contributed by atoms with Crippen LogP contribution in [0.3, 0.4) is 0 Å². The lowest BCUT2D eigenvalue weighted by molar-refractivity contribution is 0.379. The first kappa shape index (κ1) is 26.6. The molecule has 1 aliphatic carbocycles. The lowest BCUT2D eigenvalue weighted by atomic mass is 9.79. The van der Waals surface area contributed by atoms with Gasteiger partial charge < -0.3 is 4.42 Å². The first-order valence-corrected chi connectivity index (χ1v) is 14.8. The molecule has 0 radical (unpaired) electrons. The minimum absolute atomic E-state index is 0.335. The predicted octanol–water partition coefficient (Wildman–Crippen LogP) is 9.73. The van der Waals surface area contributed by atoms with E-state index in [2.05, 4.69) is 57.3 Å². The molecule has 1 saturated carbocycles. The molecule has 9 heteroatoms. The van der Waals surface area contributed by atoms with Gasteiger partial charge in [0, 0.05) is 25.6 Å². The Morgan fingerprint density at radius 1 is 0.897 bits per heavy atom. The molecule has 5 aromatic rings. The van der Waals surface area contributed by atoms with Crippen molar-refractivity contribution in [2.45, 2.75) is 44.4 Å². The Hall–Kier alpha value is -2.64. The maximum absolute atomic E-state index is 6.67. The molecule has 0 atom stereocenters. The van der Waals surface area contributed by atoms with Gasteiger partial charge in [0.25, 0.3) is 5.89 Å². The van der Waals surface area contributed by atoms with Crippen molar-refractivity contribution in [2.24, 2.45) is 0 Å². The number of halogens is 4. The molecule has 0 saturated heterocycles. The highest BCUT2D eigenvalue weighted by Crippen LogP contribution is 2.47. The first-order valence-electron chi connectivity index (χ1n) is 12.8. The van der Waals surface area contributed by atoms with Crippen molar-refractivity contribution < 1.29 is 4.42 Å². The third kappa shape index (κ3) is 4.82. The maximum Gasteiger partial charge on any atom is 0.268 e. The van der Waals surface area contributed by atoms with Crippen LogP contribution in [-0.4, -0.2) is 20.0 Å². The second kappa shape index (κ2) is 10.7. The van der Waals surface area contributed by atoms with Gasteiger partial charge in [-0.1, -0.05) is 94.8 Å². The van der Waals surface area contributed by atoms with Gasteiger partial charge in [-0.05, 0) is 67.3 Å². The van der Waals surface area contributed by atoms with Crippen LogP contribution >= 0.6 is 50.7 Å². The lowest BCUT2D eigenvalue weighted by Gasteiger charge is -2.25. The molecule has 0 N–H and O–H groups in total. The number of aromatic nitrogens is 4. The SMILES string of the molecule is CCc1c(-c2nnc(C3(c4ccc(Cl)cc4)CCCC3)o2)nn(-c2ccc(Cl)cc2Cl)c1-c1ccc(Br)cc1. The topological polar surface area (TPSA) is 56.7 Å². The van der Waals surface area contributed by atoms with E-state index in [0.29, 0.717) is 44.7 Å². The van der Waals surface area contributed by atoms with Gasteiger partial charge in [-0.15, -0.1) is 10.2 Å².